The second-order valence-electron chi connectivity index (χ2n) is 4.65. The Morgan fingerprint density at radius 1 is 0.905 bits per heavy atom. The summed E-state index contributed by atoms with van der Waals surface area (Å²) in [6, 6.07) is 18.2. The van der Waals surface area contributed by atoms with E-state index >= 15 is 0 Å². The molecule has 0 aliphatic rings. The summed E-state index contributed by atoms with van der Waals surface area (Å²) < 4.78 is 19.6. The lowest BCUT2D eigenvalue weighted by Crippen LogP contribution is -1.97. The van der Waals surface area contributed by atoms with Crippen LogP contribution in [0.5, 0.6) is 0 Å². The smallest absolute Gasteiger partial charge is 0.193 e. The molecule has 21 heavy (non-hydrogen) atoms. The van der Waals surface area contributed by atoms with Gasteiger partial charge in [-0.15, -0.1) is 0 Å². The van der Waals surface area contributed by atoms with Gasteiger partial charge in [0.25, 0.3) is 0 Å². The van der Waals surface area contributed by atoms with Crippen molar-refractivity contribution >= 4 is 21.8 Å². The zero-order chi connectivity index (χ0) is 14.7. The van der Waals surface area contributed by atoms with Gasteiger partial charge in [-0.1, -0.05) is 40.2 Å². The summed E-state index contributed by atoms with van der Waals surface area (Å²) in [6.45, 7) is 0.591. The van der Waals surface area contributed by atoms with Gasteiger partial charge in [0, 0.05) is 22.6 Å². The molecule has 1 heterocycles. The fraction of sp³-hybridized carbons (Fsp3) is 0.0588. The molecule has 1 N–H and O–H groups in total. The Kier molecular flexibility index (Phi) is 4.06. The van der Waals surface area contributed by atoms with Crippen LogP contribution < -0.4 is 5.32 Å². The number of halogens is 2. The van der Waals surface area contributed by atoms with E-state index in [0.29, 0.717) is 12.4 Å². The minimum atomic E-state index is -0.228. The third-order valence-corrected chi connectivity index (χ3v) is 3.64. The van der Waals surface area contributed by atoms with Crippen LogP contribution in [0.25, 0.3) is 11.3 Å². The first-order valence-corrected chi connectivity index (χ1v) is 7.34. The van der Waals surface area contributed by atoms with Gasteiger partial charge in [-0.2, -0.15) is 0 Å². The van der Waals surface area contributed by atoms with E-state index in [1.165, 1.54) is 12.1 Å². The fourth-order valence-electron chi connectivity index (χ4n) is 1.99. The number of anilines is 1. The van der Waals surface area contributed by atoms with Crippen LogP contribution in [0.4, 0.5) is 10.3 Å². The van der Waals surface area contributed by atoms with E-state index in [9.17, 15) is 4.39 Å². The van der Waals surface area contributed by atoms with E-state index < -0.39 is 0 Å². The van der Waals surface area contributed by atoms with Crippen molar-refractivity contribution in [1.82, 2.24) is 0 Å². The molecule has 106 valence electrons. The zero-order valence-electron chi connectivity index (χ0n) is 11.1. The van der Waals surface area contributed by atoms with Crippen molar-refractivity contribution in [2.75, 3.05) is 5.32 Å². The van der Waals surface area contributed by atoms with Crippen LogP contribution in [0, 0.1) is 5.82 Å². The van der Waals surface area contributed by atoms with E-state index in [0.717, 1.165) is 21.4 Å². The first-order chi connectivity index (χ1) is 10.2. The largest absolute Gasteiger partial charge is 0.441 e. The Labute approximate surface area is 130 Å². The Hall–Kier alpha value is -2.07. The van der Waals surface area contributed by atoms with Crippen LogP contribution in [0.15, 0.2) is 69.6 Å². The van der Waals surface area contributed by atoms with Crippen molar-refractivity contribution in [2.45, 2.75) is 6.54 Å². The van der Waals surface area contributed by atoms with Crippen LogP contribution in [-0.4, -0.2) is 0 Å². The molecule has 0 fully saturated rings. The normalized spacial score (nSPS) is 10.6. The average molecular weight is 346 g/mol. The molecular weight excluding hydrogens is 333 g/mol. The molecule has 0 atom stereocenters. The maximum absolute atomic E-state index is 12.8. The molecule has 3 aromatic rings. The molecule has 0 amide bonds. The van der Waals surface area contributed by atoms with Gasteiger partial charge in [0.1, 0.15) is 11.6 Å². The lowest BCUT2D eigenvalue weighted by molar-refractivity contribution is 0.593. The third-order valence-electron chi connectivity index (χ3n) is 3.11. The van der Waals surface area contributed by atoms with Crippen molar-refractivity contribution in [3.63, 3.8) is 0 Å². The third kappa shape index (κ3) is 3.52. The van der Waals surface area contributed by atoms with Crippen LogP contribution >= 0.6 is 15.9 Å². The average Bonchev–Trinajstić information content (AvgIpc) is 2.96. The second-order valence-corrected chi connectivity index (χ2v) is 5.57. The molecule has 0 aliphatic heterocycles. The molecule has 2 aromatic carbocycles. The highest BCUT2D eigenvalue weighted by Crippen LogP contribution is 2.26. The van der Waals surface area contributed by atoms with Crippen molar-refractivity contribution in [3.05, 3.63) is 76.5 Å². The Balaban J connectivity index is 1.67. The molecule has 3 rings (SSSR count). The van der Waals surface area contributed by atoms with Crippen LogP contribution in [-0.2, 0) is 6.54 Å². The Bertz CT molecular complexity index is 719. The summed E-state index contributed by atoms with van der Waals surface area (Å²) >= 11 is 3.41. The van der Waals surface area contributed by atoms with Gasteiger partial charge < -0.3 is 9.73 Å². The van der Waals surface area contributed by atoms with Crippen LogP contribution in [0.1, 0.15) is 5.56 Å². The molecule has 0 unspecified atom stereocenters. The van der Waals surface area contributed by atoms with Gasteiger partial charge in [-0.25, -0.2) is 4.39 Å². The Morgan fingerprint density at radius 2 is 1.62 bits per heavy atom. The molecule has 0 aliphatic carbocycles. The monoisotopic (exact) mass is 345 g/mol. The Morgan fingerprint density at radius 3 is 2.33 bits per heavy atom. The molecule has 0 saturated heterocycles. The van der Waals surface area contributed by atoms with Crippen molar-refractivity contribution in [2.24, 2.45) is 0 Å². The molecule has 0 saturated carbocycles. The van der Waals surface area contributed by atoms with E-state index in [1.54, 1.807) is 12.1 Å². The number of hydrogen-bond acceptors (Lipinski definition) is 2. The van der Waals surface area contributed by atoms with E-state index in [2.05, 4.69) is 21.2 Å². The minimum absolute atomic E-state index is 0.228. The zero-order valence-corrected chi connectivity index (χ0v) is 12.7. The van der Waals surface area contributed by atoms with Crippen molar-refractivity contribution < 1.29 is 8.81 Å². The summed E-state index contributed by atoms with van der Waals surface area (Å²) in [7, 11) is 0. The lowest BCUT2D eigenvalue weighted by atomic mass is 10.2. The predicted octanol–water partition coefficient (Wildman–Crippen LogP) is 5.46. The van der Waals surface area contributed by atoms with Crippen LogP contribution in [0.2, 0.25) is 0 Å². The number of furan rings is 1. The van der Waals surface area contributed by atoms with Gasteiger partial charge in [0.2, 0.25) is 0 Å². The summed E-state index contributed by atoms with van der Waals surface area (Å²) in [4.78, 5) is 0. The predicted molar refractivity (Wildman–Crippen MR) is 85.6 cm³/mol. The summed E-state index contributed by atoms with van der Waals surface area (Å²) in [5.74, 6) is 1.27. The number of benzene rings is 2. The summed E-state index contributed by atoms with van der Waals surface area (Å²) in [5, 5.41) is 3.18. The van der Waals surface area contributed by atoms with Gasteiger partial charge in [0.15, 0.2) is 5.88 Å². The first-order valence-electron chi connectivity index (χ1n) is 6.55. The molecule has 0 radical (unpaired) electrons. The number of hydrogen-bond donors (Lipinski definition) is 1. The summed E-state index contributed by atoms with van der Waals surface area (Å²) in [6.07, 6.45) is 0. The summed E-state index contributed by atoms with van der Waals surface area (Å²) in [5.41, 5.74) is 2.02. The quantitative estimate of drug-likeness (QED) is 0.679. The van der Waals surface area contributed by atoms with E-state index in [-0.39, 0.29) is 5.82 Å². The van der Waals surface area contributed by atoms with Gasteiger partial charge >= 0.3 is 0 Å². The molecule has 2 nitrogen and oxygen atoms in total. The van der Waals surface area contributed by atoms with E-state index in [4.69, 9.17) is 4.42 Å². The van der Waals surface area contributed by atoms with Gasteiger partial charge in [0.05, 0.1) is 0 Å². The SMILES string of the molecule is Fc1ccc(CNc2ccc(-c3ccc(Br)cc3)o2)cc1. The molecule has 4 heteroatoms. The standard InChI is InChI=1S/C17H13BrFNO/c18-14-5-3-13(4-6-14)16-9-10-17(21-16)20-11-12-1-7-15(19)8-2-12/h1-10,20H,11H2. The van der Waals surface area contributed by atoms with Gasteiger partial charge in [-0.3, -0.25) is 0 Å². The fourth-order valence-corrected chi connectivity index (χ4v) is 2.26. The topological polar surface area (TPSA) is 25.2 Å². The number of nitrogens with one attached hydrogen (secondary N) is 1. The van der Waals surface area contributed by atoms with Gasteiger partial charge in [-0.05, 0) is 35.9 Å². The number of rotatable bonds is 4. The van der Waals surface area contributed by atoms with Crippen LogP contribution in [0.3, 0.4) is 0 Å². The minimum Gasteiger partial charge on any atom is -0.441 e. The molecule has 1 aromatic heterocycles. The maximum atomic E-state index is 12.8. The molecule has 0 bridgehead atoms. The molecular formula is C17H13BrFNO. The highest BCUT2D eigenvalue weighted by Gasteiger charge is 2.04. The first kappa shape index (κ1) is 13.9. The maximum Gasteiger partial charge on any atom is 0.193 e. The van der Waals surface area contributed by atoms with E-state index in [1.807, 2.05) is 36.4 Å². The highest BCUT2D eigenvalue weighted by atomic mass is 79.9. The molecule has 0 spiro atoms. The highest BCUT2D eigenvalue weighted by molar-refractivity contribution is 9.10. The lowest BCUT2D eigenvalue weighted by Gasteiger charge is -2.03. The van der Waals surface area contributed by atoms with Crippen molar-refractivity contribution in [1.29, 1.82) is 0 Å². The van der Waals surface area contributed by atoms with Crippen molar-refractivity contribution in [3.8, 4) is 11.3 Å². The second kappa shape index (κ2) is 6.14.